The number of hydrogen-bond acceptors (Lipinski definition) is 2. The third-order valence-corrected chi connectivity index (χ3v) is 5.11. The van der Waals surface area contributed by atoms with Crippen molar-refractivity contribution >= 4 is 31.9 Å². The highest BCUT2D eigenvalue weighted by Crippen LogP contribution is 2.34. The lowest BCUT2D eigenvalue weighted by molar-refractivity contribution is 0.407. The molecule has 0 radical (unpaired) electrons. The molecule has 2 nitrogen and oxygen atoms in total. The molecule has 0 saturated carbocycles. The fraction of sp³-hybridized carbons (Fsp3) is 0.250. The lowest BCUT2D eigenvalue weighted by Crippen LogP contribution is -2.13. The van der Waals surface area contributed by atoms with E-state index in [2.05, 4.69) is 57.0 Å². The van der Waals surface area contributed by atoms with Gasteiger partial charge in [-0.3, -0.25) is 0 Å². The van der Waals surface area contributed by atoms with Crippen LogP contribution in [0.25, 0.3) is 0 Å². The molecule has 0 aliphatic rings. The summed E-state index contributed by atoms with van der Waals surface area (Å²) in [5.41, 5.74) is 10.8. The van der Waals surface area contributed by atoms with E-state index in [0.717, 1.165) is 31.4 Å². The lowest BCUT2D eigenvalue weighted by Gasteiger charge is -2.18. The Bertz CT molecular complexity index is 641. The number of rotatable bonds is 3. The van der Waals surface area contributed by atoms with Gasteiger partial charge in [0.1, 0.15) is 5.75 Å². The molecule has 2 rings (SSSR count). The average molecular weight is 399 g/mol. The highest BCUT2D eigenvalue weighted by molar-refractivity contribution is 9.10. The highest BCUT2D eigenvalue weighted by atomic mass is 79.9. The maximum Gasteiger partial charge on any atom is 0.124 e. The number of halogens is 2. The van der Waals surface area contributed by atoms with Crippen LogP contribution in [0, 0.1) is 13.8 Å². The first-order chi connectivity index (χ1) is 9.43. The number of benzene rings is 2. The molecule has 0 bridgehead atoms. The van der Waals surface area contributed by atoms with Crippen molar-refractivity contribution in [2.45, 2.75) is 19.9 Å². The van der Waals surface area contributed by atoms with E-state index < -0.39 is 0 Å². The van der Waals surface area contributed by atoms with E-state index >= 15 is 0 Å². The van der Waals surface area contributed by atoms with Crippen molar-refractivity contribution in [2.75, 3.05) is 7.11 Å². The van der Waals surface area contributed by atoms with Crippen molar-refractivity contribution in [3.8, 4) is 5.75 Å². The molecule has 0 spiro atoms. The second-order valence-electron chi connectivity index (χ2n) is 4.83. The second-order valence-corrected chi connectivity index (χ2v) is 6.54. The van der Waals surface area contributed by atoms with Crippen molar-refractivity contribution in [3.63, 3.8) is 0 Å². The Kier molecular flexibility index (Phi) is 4.89. The topological polar surface area (TPSA) is 35.2 Å². The Hall–Kier alpha value is -0.840. The maximum atomic E-state index is 6.41. The van der Waals surface area contributed by atoms with Gasteiger partial charge in [-0.2, -0.15) is 0 Å². The first kappa shape index (κ1) is 15.5. The van der Waals surface area contributed by atoms with Crippen molar-refractivity contribution in [1.82, 2.24) is 0 Å². The van der Waals surface area contributed by atoms with Crippen LogP contribution in [-0.2, 0) is 0 Å². The van der Waals surface area contributed by atoms with E-state index in [1.54, 1.807) is 7.11 Å². The molecule has 2 aromatic rings. The number of nitrogens with two attached hydrogens (primary N) is 1. The van der Waals surface area contributed by atoms with Crippen LogP contribution in [0.15, 0.2) is 39.3 Å². The predicted octanol–water partition coefficient (Wildman–Crippen LogP) is 4.89. The van der Waals surface area contributed by atoms with E-state index in [-0.39, 0.29) is 6.04 Å². The average Bonchev–Trinajstić information content (AvgIpc) is 2.43. The largest absolute Gasteiger partial charge is 0.496 e. The van der Waals surface area contributed by atoms with Crippen LogP contribution in [0.1, 0.15) is 28.3 Å². The molecule has 0 fully saturated rings. The molecular weight excluding hydrogens is 382 g/mol. The van der Waals surface area contributed by atoms with Crippen LogP contribution < -0.4 is 10.5 Å². The van der Waals surface area contributed by atoms with E-state index in [1.165, 1.54) is 5.56 Å². The van der Waals surface area contributed by atoms with Gasteiger partial charge in [0.05, 0.1) is 13.2 Å². The Morgan fingerprint density at radius 2 is 1.65 bits per heavy atom. The quantitative estimate of drug-likeness (QED) is 0.799. The lowest BCUT2D eigenvalue weighted by atomic mass is 9.97. The van der Waals surface area contributed by atoms with E-state index in [0.29, 0.717) is 0 Å². The summed E-state index contributed by atoms with van der Waals surface area (Å²) in [6, 6.07) is 9.99. The summed E-state index contributed by atoms with van der Waals surface area (Å²) in [7, 11) is 1.67. The normalized spacial score (nSPS) is 12.3. The van der Waals surface area contributed by atoms with Gasteiger partial charge in [-0.15, -0.1) is 0 Å². The molecule has 0 saturated heterocycles. The van der Waals surface area contributed by atoms with Crippen LogP contribution in [0.5, 0.6) is 5.75 Å². The monoisotopic (exact) mass is 397 g/mol. The van der Waals surface area contributed by atoms with Crippen LogP contribution in [-0.4, -0.2) is 7.11 Å². The zero-order valence-corrected chi connectivity index (χ0v) is 14.9. The maximum absolute atomic E-state index is 6.41. The summed E-state index contributed by atoms with van der Waals surface area (Å²) in [5, 5.41) is 0. The van der Waals surface area contributed by atoms with Gasteiger partial charge < -0.3 is 10.5 Å². The number of methoxy groups -OCH3 is 1. The standard InChI is InChI=1S/C16H17Br2NO/c1-9-4-5-11(7-13(9)17)16(19)12-8-14(18)10(2)6-15(12)20-3/h4-8,16H,19H2,1-3H3. The predicted molar refractivity (Wildman–Crippen MR) is 90.3 cm³/mol. The SMILES string of the molecule is COc1cc(C)c(Br)cc1C(N)c1ccc(C)c(Br)c1. The molecule has 0 heterocycles. The molecule has 0 aliphatic carbocycles. The van der Waals surface area contributed by atoms with Crippen molar-refractivity contribution in [3.05, 3.63) is 61.5 Å². The first-order valence-corrected chi connectivity index (χ1v) is 7.88. The fourth-order valence-corrected chi connectivity index (χ4v) is 2.83. The molecule has 0 amide bonds. The smallest absolute Gasteiger partial charge is 0.124 e. The van der Waals surface area contributed by atoms with Gasteiger partial charge in [0.2, 0.25) is 0 Å². The molecular formula is C16H17Br2NO. The molecule has 106 valence electrons. The van der Waals surface area contributed by atoms with Gasteiger partial charge in [-0.1, -0.05) is 44.0 Å². The molecule has 4 heteroatoms. The minimum Gasteiger partial charge on any atom is -0.496 e. The zero-order valence-electron chi connectivity index (χ0n) is 11.7. The van der Waals surface area contributed by atoms with E-state index in [1.807, 2.05) is 19.1 Å². The third-order valence-electron chi connectivity index (χ3n) is 3.40. The zero-order chi connectivity index (χ0) is 14.9. The minimum absolute atomic E-state index is 0.223. The molecule has 0 aromatic heterocycles. The second kappa shape index (κ2) is 6.29. The summed E-state index contributed by atoms with van der Waals surface area (Å²) < 4.78 is 7.57. The fourth-order valence-electron chi connectivity index (χ4n) is 2.07. The third kappa shape index (κ3) is 3.08. The van der Waals surface area contributed by atoms with Gasteiger partial charge in [-0.05, 0) is 48.7 Å². The number of ether oxygens (including phenoxy) is 1. The highest BCUT2D eigenvalue weighted by Gasteiger charge is 2.16. The van der Waals surface area contributed by atoms with Gasteiger partial charge in [0, 0.05) is 14.5 Å². The molecule has 2 aromatic carbocycles. The summed E-state index contributed by atoms with van der Waals surface area (Å²) in [5.74, 6) is 0.815. The molecule has 20 heavy (non-hydrogen) atoms. The summed E-state index contributed by atoms with van der Waals surface area (Å²) in [6.07, 6.45) is 0. The number of hydrogen-bond donors (Lipinski definition) is 1. The number of aryl methyl sites for hydroxylation is 2. The van der Waals surface area contributed by atoms with Crippen molar-refractivity contribution in [2.24, 2.45) is 5.73 Å². The van der Waals surface area contributed by atoms with Crippen molar-refractivity contribution in [1.29, 1.82) is 0 Å². The summed E-state index contributed by atoms with van der Waals surface area (Å²) in [6.45, 7) is 4.09. The first-order valence-electron chi connectivity index (χ1n) is 6.29. The van der Waals surface area contributed by atoms with Gasteiger partial charge in [0.15, 0.2) is 0 Å². The Morgan fingerprint density at radius 1 is 1.00 bits per heavy atom. The van der Waals surface area contributed by atoms with Crippen molar-refractivity contribution < 1.29 is 4.74 Å². The summed E-state index contributed by atoms with van der Waals surface area (Å²) >= 11 is 7.11. The van der Waals surface area contributed by atoms with Gasteiger partial charge >= 0.3 is 0 Å². The van der Waals surface area contributed by atoms with E-state index in [9.17, 15) is 0 Å². The molecule has 1 unspecified atom stereocenters. The van der Waals surface area contributed by atoms with Crippen LogP contribution in [0.4, 0.5) is 0 Å². The molecule has 0 aliphatic heterocycles. The van der Waals surface area contributed by atoms with Gasteiger partial charge in [0.25, 0.3) is 0 Å². The molecule has 1 atom stereocenters. The minimum atomic E-state index is -0.223. The Balaban J connectivity index is 2.49. The molecule has 2 N–H and O–H groups in total. The van der Waals surface area contributed by atoms with Gasteiger partial charge in [-0.25, -0.2) is 0 Å². The van der Waals surface area contributed by atoms with Crippen LogP contribution in [0.2, 0.25) is 0 Å². The van der Waals surface area contributed by atoms with E-state index in [4.69, 9.17) is 10.5 Å². The van der Waals surface area contributed by atoms with Crippen LogP contribution >= 0.6 is 31.9 Å². The van der Waals surface area contributed by atoms with Crippen LogP contribution in [0.3, 0.4) is 0 Å². The Labute approximate surface area is 136 Å². The summed E-state index contributed by atoms with van der Waals surface area (Å²) in [4.78, 5) is 0. The Morgan fingerprint density at radius 3 is 2.25 bits per heavy atom.